The van der Waals surface area contributed by atoms with Crippen LogP contribution in [0, 0.1) is 0 Å². The molecule has 1 N–H and O–H groups in total. The Morgan fingerprint density at radius 1 is 1.33 bits per heavy atom. The van der Waals surface area contributed by atoms with Crippen LogP contribution in [0.5, 0.6) is 0 Å². The van der Waals surface area contributed by atoms with Crippen LogP contribution in [0.25, 0.3) is 0 Å². The largest absolute Gasteiger partial charge is 0.313 e. The highest BCUT2D eigenvalue weighted by molar-refractivity contribution is 6.31. The number of halogens is 1. The third-order valence-corrected chi connectivity index (χ3v) is 4.48. The molecule has 0 radical (unpaired) electrons. The van der Waals surface area contributed by atoms with Crippen molar-refractivity contribution in [3.63, 3.8) is 0 Å². The highest BCUT2D eigenvalue weighted by atomic mass is 35.5. The van der Waals surface area contributed by atoms with Gasteiger partial charge in [0, 0.05) is 23.7 Å². The minimum Gasteiger partial charge on any atom is -0.313 e. The van der Waals surface area contributed by atoms with Crippen LogP contribution in [0.3, 0.4) is 0 Å². The maximum Gasteiger partial charge on any atom is 0.0510 e. The Bertz CT molecular complexity index is 624. The van der Waals surface area contributed by atoms with E-state index in [-0.39, 0.29) is 0 Å². The first-order chi connectivity index (χ1) is 10.3. The van der Waals surface area contributed by atoms with Gasteiger partial charge in [-0.1, -0.05) is 36.7 Å². The van der Waals surface area contributed by atoms with E-state index in [2.05, 4.69) is 41.5 Å². The molecule has 110 valence electrons. The molecule has 0 fully saturated rings. The van der Waals surface area contributed by atoms with Gasteiger partial charge >= 0.3 is 0 Å². The molecule has 0 bridgehead atoms. The Hall–Kier alpha value is -1.38. The summed E-state index contributed by atoms with van der Waals surface area (Å²) in [5.74, 6) is 0.353. The van der Waals surface area contributed by atoms with E-state index >= 15 is 0 Å². The van der Waals surface area contributed by atoms with Gasteiger partial charge in [0.2, 0.25) is 0 Å². The summed E-state index contributed by atoms with van der Waals surface area (Å²) in [6, 6.07) is 10.7. The minimum absolute atomic E-state index is 0.353. The van der Waals surface area contributed by atoms with Crippen molar-refractivity contribution in [2.24, 2.45) is 0 Å². The predicted octanol–water partition coefficient (Wildman–Crippen LogP) is 4.31. The van der Waals surface area contributed by atoms with Crippen molar-refractivity contribution in [2.75, 3.05) is 6.54 Å². The summed E-state index contributed by atoms with van der Waals surface area (Å²) in [6.45, 7) is 4.10. The van der Waals surface area contributed by atoms with E-state index < -0.39 is 0 Å². The van der Waals surface area contributed by atoms with E-state index in [0.717, 1.165) is 37.4 Å². The molecule has 0 spiro atoms. The number of hydrogen-bond donors (Lipinski definition) is 1. The zero-order chi connectivity index (χ0) is 14.7. The van der Waals surface area contributed by atoms with Crippen molar-refractivity contribution in [3.8, 4) is 0 Å². The lowest BCUT2D eigenvalue weighted by molar-refractivity contribution is 0.675. The van der Waals surface area contributed by atoms with Crippen molar-refractivity contribution < 1.29 is 0 Å². The van der Waals surface area contributed by atoms with Gasteiger partial charge in [-0.05, 0) is 54.6 Å². The lowest BCUT2D eigenvalue weighted by Crippen LogP contribution is -2.13. The maximum atomic E-state index is 6.53. The number of fused-ring (bicyclic) bond motifs is 1. The lowest BCUT2D eigenvalue weighted by Gasteiger charge is -2.14. The Labute approximate surface area is 131 Å². The lowest BCUT2D eigenvalue weighted by atomic mass is 9.95. The molecule has 1 atom stereocenters. The molecule has 1 aromatic carbocycles. The molecule has 1 heterocycles. The monoisotopic (exact) mass is 300 g/mol. The Kier molecular flexibility index (Phi) is 4.57. The van der Waals surface area contributed by atoms with Crippen molar-refractivity contribution >= 4 is 11.6 Å². The molecular formula is C18H21ClN2. The Morgan fingerprint density at radius 2 is 2.24 bits per heavy atom. The maximum absolute atomic E-state index is 6.53. The summed E-state index contributed by atoms with van der Waals surface area (Å²) in [7, 11) is 0. The van der Waals surface area contributed by atoms with Gasteiger partial charge < -0.3 is 5.32 Å². The number of pyridine rings is 1. The van der Waals surface area contributed by atoms with Gasteiger partial charge in [0.05, 0.1) is 5.69 Å². The van der Waals surface area contributed by atoms with Crippen molar-refractivity contribution in [1.29, 1.82) is 0 Å². The average molecular weight is 301 g/mol. The standard InChI is InChI=1S/C18H21ClN2/c1-2-9-20-12-13-5-7-15(17(19)11-13)16-8-6-14-4-3-10-21-18(14)16/h3-5,7,10-11,16,20H,2,6,8-9,12H2,1H3. The predicted molar refractivity (Wildman–Crippen MR) is 87.9 cm³/mol. The molecule has 2 aromatic rings. The molecule has 1 unspecified atom stereocenters. The molecule has 2 nitrogen and oxygen atoms in total. The molecule has 1 aliphatic rings. The van der Waals surface area contributed by atoms with E-state index in [1.54, 1.807) is 0 Å². The second kappa shape index (κ2) is 6.59. The number of nitrogens with one attached hydrogen (secondary N) is 1. The first-order valence-corrected chi connectivity index (χ1v) is 8.10. The first kappa shape index (κ1) is 14.6. The van der Waals surface area contributed by atoms with E-state index in [1.807, 2.05) is 12.3 Å². The highest BCUT2D eigenvalue weighted by Crippen LogP contribution is 2.39. The van der Waals surface area contributed by atoms with Crippen molar-refractivity contribution in [3.05, 3.63) is 63.9 Å². The van der Waals surface area contributed by atoms with Crippen molar-refractivity contribution in [2.45, 2.75) is 38.6 Å². The fourth-order valence-electron chi connectivity index (χ4n) is 3.09. The number of benzene rings is 1. The molecule has 3 heteroatoms. The molecule has 1 aromatic heterocycles. The summed E-state index contributed by atoms with van der Waals surface area (Å²) in [4.78, 5) is 4.57. The van der Waals surface area contributed by atoms with Gasteiger partial charge in [-0.2, -0.15) is 0 Å². The zero-order valence-electron chi connectivity index (χ0n) is 12.4. The fourth-order valence-corrected chi connectivity index (χ4v) is 3.42. The molecule has 0 amide bonds. The summed E-state index contributed by atoms with van der Waals surface area (Å²) < 4.78 is 0. The van der Waals surface area contributed by atoms with Gasteiger partial charge in [-0.15, -0.1) is 0 Å². The molecule has 1 aliphatic carbocycles. The van der Waals surface area contributed by atoms with Crippen LogP contribution in [0.2, 0.25) is 5.02 Å². The zero-order valence-corrected chi connectivity index (χ0v) is 13.2. The van der Waals surface area contributed by atoms with Crippen molar-refractivity contribution in [1.82, 2.24) is 10.3 Å². The van der Waals surface area contributed by atoms with Gasteiger partial charge in [-0.25, -0.2) is 0 Å². The topological polar surface area (TPSA) is 24.9 Å². The van der Waals surface area contributed by atoms with Gasteiger partial charge in [-0.3, -0.25) is 4.98 Å². The molecule has 0 saturated carbocycles. The summed E-state index contributed by atoms with van der Waals surface area (Å²) in [5, 5.41) is 4.28. The minimum atomic E-state index is 0.353. The number of nitrogens with zero attached hydrogens (tertiary/aromatic N) is 1. The van der Waals surface area contributed by atoms with Crippen LogP contribution in [0.15, 0.2) is 36.5 Å². The second-order valence-electron chi connectivity index (χ2n) is 5.67. The highest BCUT2D eigenvalue weighted by Gasteiger charge is 2.26. The van der Waals surface area contributed by atoms with Crippen LogP contribution in [0.4, 0.5) is 0 Å². The third-order valence-electron chi connectivity index (χ3n) is 4.15. The van der Waals surface area contributed by atoms with Crippen LogP contribution < -0.4 is 5.32 Å². The molecule has 21 heavy (non-hydrogen) atoms. The van der Waals surface area contributed by atoms with E-state index in [0.29, 0.717) is 5.92 Å². The smallest absolute Gasteiger partial charge is 0.0510 e. The number of rotatable bonds is 5. The SMILES string of the molecule is CCCNCc1ccc(C2CCc3cccnc32)c(Cl)c1. The van der Waals surface area contributed by atoms with E-state index in [1.165, 1.54) is 22.4 Å². The Balaban J connectivity index is 1.81. The number of aryl methyl sites for hydroxylation is 1. The fraction of sp³-hybridized carbons (Fsp3) is 0.389. The molecular weight excluding hydrogens is 280 g/mol. The van der Waals surface area contributed by atoms with Crippen LogP contribution in [-0.2, 0) is 13.0 Å². The third kappa shape index (κ3) is 3.12. The Morgan fingerprint density at radius 3 is 3.05 bits per heavy atom. The number of hydrogen-bond acceptors (Lipinski definition) is 2. The van der Waals surface area contributed by atoms with Gasteiger partial charge in [0.25, 0.3) is 0 Å². The quantitative estimate of drug-likeness (QED) is 0.832. The van der Waals surface area contributed by atoms with Crippen LogP contribution in [-0.4, -0.2) is 11.5 Å². The van der Waals surface area contributed by atoms with Crippen LogP contribution in [0.1, 0.15) is 48.1 Å². The van der Waals surface area contributed by atoms with E-state index in [4.69, 9.17) is 11.6 Å². The van der Waals surface area contributed by atoms with Crippen LogP contribution >= 0.6 is 11.6 Å². The van der Waals surface area contributed by atoms with Gasteiger partial charge in [0.15, 0.2) is 0 Å². The molecule has 0 aliphatic heterocycles. The first-order valence-electron chi connectivity index (χ1n) is 7.72. The molecule has 3 rings (SSSR count). The van der Waals surface area contributed by atoms with E-state index in [9.17, 15) is 0 Å². The summed E-state index contributed by atoms with van der Waals surface area (Å²) in [6.07, 6.45) is 5.24. The number of aromatic nitrogens is 1. The summed E-state index contributed by atoms with van der Waals surface area (Å²) in [5.41, 5.74) is 5.04. The summed E-state index contributed by atoms with van der Waals surface area (Å²) >= 11 is 6.53. The average Bonchev–Trinajstić information content (AvgIpc) is 2.92. The second-order valence-corrected chi connectivity index (χ2v) is 6.08. The normalized spacial score (nSPS) is 17.0. The van der Waals surface area contributed by atoms with Gasteiger partial charge in [0.1, 0.15) is 0 Å². The molecule has 0 saturated heterocycles.